The molecule has 0 radical (unpaired) electrons. The van der Waals surface area contributed by atoms with Crippen LogP contribution in [-0.2, 0) is 4.84 Å². The van der Waals surface area contributed by atoms with Crippen molar-refractivity contribution in [1.82, 2.24) is 0 Å². The van der Waals surface area contributed by atoms with Gasteiger partial charge in [-0.3, -0.25) is 4.84 Å². The first-order chi connectivity index (χ1) is 6.15. The molecule has 1 unspecified atom stereocenters. The highest BCUT2D eigenvalue weighted by Crippen LogP contribution is 2.18. The summed E-state index contributed by atoms with van der Waals surface area (Å²) in [6.07, 6.45) is -0.0452. The molecule has 0 spiro atoms. The van der Waals surface area contributed by atoms with E-state index in [1.54, 1.807) is 0 Å². The zero-order valence-electron chi connectivity index (χ0n) is 8.32. The molecule has 0 aliphatic carbocycles. The molecule has 0 bridgehead atoms. The van der Waals surface area contributed by atoms with Crippen LogP contribution in [0.3, 0.4) is 0 Å². The normalized spacial score (nSPS) is 12.6. The van der Waals surface area contributed by atoms with Gasteiger partial charge in [0.25, 0.3) is 0 Å². The summed E-state index contributed by atoms with van der Waals surface area (Å²) in [5.41, 5.74) is 2.26. The third kappa shape index (κ3) is 2.44. The Morgan fingerprint density at radius 3 is 2.15 bits per heavy atom. The fourth-order valence-corrected chi connectivity index (χ4v) is 1.12. The van der Waals surface area contributed by atoms with Crippen molar-refractivity contribution >= 4 is 5.69 Å². The third-order valence-electron chi connectivity index (χ3n) is 2.08. The molecule has 3 nitrogen and oxygen atoms in total. The van der Waals surface area contributed by atoms with Gasteiger partial charge in [0.15, 0.2) is 0 Å². The molecule has 13 heavy (non-hydrogen) atoms. The number of anilines is 1. The zero-order chi connectivity index (χ0) is 9.84. The Morgan fingerprint density at radius 1 is 1.23 bits per heavy atom. The van der Waals surface area contributed by atoms with Crippen molar-refractivity contribution in [3.63, 3.8) is 0 Å². The molecule has 0 saturated heterocycles. The average Bonchev–Trinajstić information content (AvgIpc) is 2.17. The predicted octanol–water partition coefficient (Wildman–Crippen LogP) is 1.70. The van der Waals surface area contributed by atoms with Crippen molar-refractivity contribution in [3.8, 4) is 0 Å². The monoisotopic (exact) mass is 180 g/mol. The molecule has 1 aromatic rings. The van der Waals surface area contributed by atoms with Crippen LogP contribution in [0.4, 0.5) is 5.69 Å². The van der Waals surface area contributed by atoms with Crippen LogP contribution in [-0.4, -0.2) is 14.1 Å². The number of benzene rings is 1. The molecule has 0 aliphatic heterocycles. The highest BCUT2D eigenvalue weighted by molar-refractivity contribution is 5.46. The summed E-state index contributed by atoms with van der Waals surface area (Å²) in [4.78, 5) is 6.78. The van der Waals surface area contributed by atoms with E-state index in [9.17, 15) is 0 Å². The molecule has 0 fully saturated rings. The molecule has 0 amide bonds. The van der Waals surface area contributed by atoms with E-state index in [-0.39, 0.29) is 6.10 Å². The van der Waals surface area contributed by atoms with Gasteiger partial charge in [-0.2, -0.15) is 0 Å². The fourth-order valence-electron chi connectivity index (χ4n) is 1.12. The second kappa shape index (κ2) is 4.25. The first kappa shape index (κ1) is 10.0. The maximum absolute atomic E-state index is 5.09. The molecule has 3 heteroatoms. The van der Waals surface area contributed by atoms with Gasteiger partial charge in [0, 0.05) is 19.8 Å². The predicted molar refractivity (Wildman–Crippen MR) is 54.5 cm³/mol. The number of nitrogens with zero attached hydrogens (tertiary/aromatic N) is 1. The Morgan fingerprint density at radius 2 is 1.77 bits per heavy atom. The number of hydrogen-bond acceptors (Lipinski definition) is 3. The lowest BCUT2D eigenvalue weighted by Gasteiger charge is -2.14. The van der Waals surface area contributed by atoms with Gasteiger partial charge >= 0.3 is 0 Å². The van der Waals surface area contributed by atoms with Crippen LogP contribution in [0.25, 0.3) is 0 Å². The van der Waals surface area contributed by atoms with Crippen LogP contribution in [0.5, 0.6) is 0 Å². The van der Waals surface area contributed by atoms with Crippen LogP contribution in [0, 0.1) is 0 Å². The molecule has 2 N–H and O–H groups in total. The van der Waals surface area contributed by atoms with Crippen LogP contribution in [0.15, 0.2) is 24.3 Å². The number of hydrogen-bond donors (Lipinski definition) is 1. The van der Waals surface area contributed by atoms with Crippen LogP contribution in [0.1, 0.15) is 18.6 Å². The van der Waals surface area contributed by atoms with E-state index in [0.717, 1.165) is 5.56 Å². The van der Waals surface area contributed by atoms with Crippen molar-refractivity contribution in [2.24, 2.45) is 5.90 Å². The molecule has 1 atom stereocenters. The van der Waals surface area contributed by atoms with Crippen molar-refractivity contribution in [2.45, 2.75) is 13.0 Å². The molecule has 0 heterocycles. The Bertz CT molecular complexity index is 256. The molecule has 0 aliphatic rings. The maximum Gasteiger partial charge on any atom is 0.101 e. The lowest BCUT2D eigenvalue weighted by Crippen LogP contribution is -2.09. The van der Waals surface area contributed by atoms with Crippen LogP contribution < -0.4 is 10.8 Å². The number of nitrogens with two attached hydrogens (primary N) is 1. The molecular formula is C10H16N2O. The van der Waals surface area contributed by atoms with Crippen molar-refractivity contribution in [1.29, 1.82) is 0 Å². The van der Waals surface area contributed by atoms with Gasteiger partial charge in [0.1, 0.15) is 6.10 Å². The average molecular weight is 180 g/mol. The van der Waals surface area contributed by atoms with Gasteiger partial charge in [-0.1, -0.05) is 12.1 Å². The van der Waals surface area contributed by atoms with Gasteiger partial charge in [-0.15, -0.1) is 0 Å². The van der Waals surface area contributed by atoms with E-state index in [1.165, 1.54) is 5.69 Å². The molecular weight excluding hydrogens is 164 g/mol. The van der Waals surface area contributed by atoms with E-state index in [0.29, 0.717) is 0 Å². The van der Waals surface area contributed by atoms with Gasteiger partial charge in [0.05, 0.1) is 0 Å². The Balaban J connectivity index is 2.81. The summed E-state index contributed by atoms with van der Waals surface area (Å²) >= 11 is 0. The van der Waals surface area contributed by atoms with Gasteiger partial charge in [-0.05, 0) is 24.6 Å². The second-order valence-electron chi connectivity index (χ2n) is 3.26. The minimum absolute atomic E-state index is 0.0452. The first-order valence-corrected chi connectivity index (χ1v) is 4.28. The summed E-state index contributed by atoms with van der Waals surface area (Å²) in [6, 6.07) is 8.13. The summed E-state index contributed by atoms with van der Waals surface area (Å²) in [5, 5.41) is 0. The Hall–Kier alpha value is -1.06. The fraction of sp³-hybridized carbons (Fsp3) is 0.400. The molecule has 0 aromatic heterocycles. The molecule has 0 saturated carbocycles. The van der Waals surface area contributed by atoms with Crippen molar-refractivity contribution < 1.29 is 4.84 Å². The highest BCUT2D eigenvalue weighted by atomic mass is 16.6. The minimum atomic E-state index is -0.0452. The summed E-state index contributed by atoms with van der Waals surface area (Å²) in [6.45, 7) is 1.92. The van der Waals surface area contributed by atoms with Gasteiger partial charge < -0.3 is 4.90 Å². The third-order valence-corrected chi connectivity index (χ3v) is 2.08. The molecule has 1 aromatic carbocycles. The van der Waals surface area contributed by atoms with Gasteiger partial charge in [-0.25, -0.2) is 5.90 Å². The van der Waals surface area contributed by atoms with E-state index >= 15 is 0 Å². The summed E-state index contributed by atoms with van der Waals surface area (Å²) in [7, 11) is 4.02. The van der Waals surface area contributed by atoms with E-state index in [4.69, 9.17) is 10.7 Å². The quantitative estimate of drug-likeness (QED) is 0.719. The molecule has 1 rings (SSSR count). The number of rotatable bonds is 3. The highest BCUT2D eigenvalue weighted by Gasteiger charge is 2.03. The van der Waals surface area contributed by atoms with Gasteiger partial charge in [0.2, 0.25) is 0 Å². The smallest absolute Gasteiger partial charge is 0.101 e. The van der Waals surface area contributed by atoms with Crippen molar-refractivity contribution in [3.05, 3.63) is 29.8 Å². The van der Waals surface area contributed by atoms with E-state index < -0.39 is 0 Å². The molecule has 72 valence electrons. The lowest BCUT2D eigenvalue weighted by molar-refractivity contribution is 0.0664. The SMILES string of the molecule is CC(ON)c1ccc(N(C)C)cc1. The first-order valence-electron chi connectivity index (χ1n) is 4.28. The second-order valence-corrected chi connectivity index (χ2v) is 3.26. The van der Waals surface area contributed by atoms with E-state index in [1.807, 2.05) is 45.3 Å². The standard InChI is InChI=1S/C10H16N2O/c1-8(13-11)9-4-6-10(7-5-9)12(2)3/h4-8H,11H2,1-3H3. The van der Waals surface area contributed by atoms with E-state index in [2.05, 4.69) is 4.90 Å². The summed E-state index contributed by atoms with van der Waals surface area (Å²) < 4.78 is 0. The largest absolute Gasteiger partial charge is 0.378 e. The van der Waals surface area contributed by atoms with Crippen molar-refractivity contribution in [2.75, 3.05) is 19.0 Å². The van der Waals surface area contributed by atoms with Crippen LogP contribution >= 0.6 is 0 Å². The maximum atomic E-state index is 5.09. The summed E-state index contributed by atoms with van der Waals surface area (Å²) in [5.74, 6) is 5.09. The minimum Gasteiger partial charge on any atom is -0.378 e. The van der Waals surface area contributed by atoms with Crippen LogP contribution in [0.2, 0.25) is 0 Å². The topological polar surface area (TPSA) is 38.5 Å². The Kier molecular flexibility index (Phi) is 3.28. The zero-order valence-corrected chi connectivity index (χ0v) is 8.32. The Labute approximate surface area is 79.1 Å². The lowest BCUT2D eigenvalue weighted by atomic mass is 10.1.